The summed E-state index contributed by atoms with van der Waals surface area (Å²) >= 11 is 0. The fourth-order valence-corrected chi connectivity index (χ4v) is 2.02. The van der Waals surface area contributed by atoms with Crippen molar-refractivity contribution >= 4 is 5.78 Å². The molecule has 0 aliphatic carbocycles. The van der Waals surface area contributed by atoms with Crippen molar-refractivity contribution in [3.8, 4) is 5.75 Å². The van der Waals surface area contributed by atoms with Crippen LogP contribution in [-0.4, -0.2) is 18.0 Å². The first-order valence-corrected chi connectivity index (χ1v) is 6.06. The predicted molar refractivity (Wildman–Crippen MR) is 71.9 cm³/mol. The number of hydrogen-bond acceptors (Lipinski definition) is 3. The summed E-state index contributed by atoms with van der Waals surface area (Å²) in [5.41, 5.74) is 1.90. The van der Waals surface area contributed by atoms with Gasteiger partial charge >= 0.3 is 0 Å². The fraction of sp³-hybridized carbons (Fsp3) is 0.533. The molecule has 0 spiro atoms. The first kappa shape index (κ1) is 14.7. The van der Waals surface area contributed by atoms with E-state index in [0.717, 1.165) is 11.1 Å². The van der Waals surface area contributed by atoms with Gasteiger partial charge in [0.2, 0.25) is 0 Å². The molecule has 0 fully saturated rings. The van der Waals surface area contributed by atoms with E-state index in [-0.39, 0.29) is 5.78 Å². The summed E-state index contributed by atoms with van der Waals surface area (Å²) in [6, 6.07) is 3.77. The third-order valence-electron chi connectivity index (χ3n) is 2.93. The second-order valence-corrected chi connectivity index (χ2v) is 5.72. The highest BCUT2D eigenvalue weighted by molar-refractivity contribution is 5.89. The Morgan fingerprint density at radius 2 is 1.83 bits per heavy atom. The second-order valence-electron chi connectivity index (χ2n) is 5.72. The van der Waals surface area contributed by atoms with Crippen molar-refractivity contribution in [3.63, 3.8) is 0 Å². The lowest BCUT2D eigenvalue weighted by atomic mass is 9.84. The zero-order valence-electron chi connectivity index (χ0n) is 12.0. The van der Waals surface area contributed by atoms with E-state index in [4.69, 9.17) is 4.74 Å². The molecule has 0 heterocycles. The molecule has 1 atom stereocenters. The van der Waals surface area contributed by atoms with E-state index in [1.54, 1.807) is 33.9 Å². The lowest BCUT2D eigenvalue weighted by Crippen LogP contribution is -2.27. The number of ketones is 1. The average molecular weight is 250 g/mol. The molecule has 0 aliphatic rings. The summed E-state index contributed by atoms with van der Waals surface area (Å²) in [6.45, 7) is 9.24. The number of methoxy groups -OCH3 is 1. The van der Waals surface area contributed by atoms with E-state index in [2.05, 4.69) is 0 Å². The van der Waals surface area contributed by atoms with Gasteiger partial charge in [0.15, 0.2) is 5.78 Å². The van der Waals surface area contributed by atoms with Crippen molar-refractivity contribution in [2.75, 3.05) is 7.11 Å². The van der Waals surface area contributed by atoms with Crippen molar-refractivity contribution in [1.82, 2.24) is 0 Å². The van der Waals surface area contributed by atoms with Crippen molar-refractivity contribution in [3.05, 3.63) is 28.8 Å². The predicted octanol–water partition coefficient (Wildman–Crippen LogP) is 2.96. The van der Waals surface area contributed by atoms with Gasteiger partial charge < -0.3 is 9.84 Å². The van der Waals surface area contributed by atoms with Crippen molar-refractivity contribution in [2.45, 2.75) is 40.7 Å². The third-order valence-corrected chi connectivity index (χ3v) is 2.93. The average Bonchev–Trinajstić information content (AvgIpc) is 2.24. The van der Waals surface area contributed by atoms with Crippen LogP contribution >= 0.6 is 0 Å². The van der Waals surface area contributed by atoms with E-state index in [0.29, 0.717) is 11.3 Å². The standard InChI is InChI=1S/C15H22O3/c1-9-7-10(2)13(18-6)11(8-9)12(16)14(17)15(3,4)5/h7-8,12,16H,1-6H3. The lowest BCUT2D eigenvalue weighted by Gasteiger charge is -2.23. The van der Waals surface area contributed by atoms with Gasteiger partial charge in [0.25, 0.3) is 0 Å². The number of benzene rings is 1. The van der Waals surface area contributed by atoms with Crippen molar-refractivity contribution in [1.29, 1.82) is 0 Å². The Kier molecular flexibility index (Phi) is 4.17. The van der Waals surface area contributed by atoms with Crippen LogP contribution in [0, 0.1) is 19.3 Å². The lowest BCUT2D eigenvalue weighted by molar-refractivity contribution is -0.135. The summed E-state index contributed by atoms with van der Waals surface area (Å²) in [7, 11) is 1.55. The first-order valence-electron chi connectivity index (χ1n) is 6.06. The number of Topliss-reactive ketones (excluding diaryl/α,β-unsaturated/α-hetero) is 1. The third kappa shape index (κ3) is 2.91. The molecule has 100 valence electrons. The number of hydrogen-bond donors (Lipinski definition) is 1. The van der Waals surface area contributed by atoms with Crippen LogP contribution in [0.3, 0.4) is 0 Å². The Morgan fingerprint density at radius 1 is 1.28 bits per heavy atom. The summed E-state index contributed by atoms with van der Waals surface area (Å²) in [6.07, 6.45) is -1.14. The number of carbonyl (C=O) groups is 1. The Bertz CT molecular complexity index is 456. The minimum absolute atomic E-state index is 0.203. The molecule has 0 amide bonds. The molecule has 0 aromatic heterocycles. The number of aliphatic hydroxyl groups is 1. The molecule has 0 saturated heterocycles. The van der Waals surface area contributed by atoms with Gasteiger partial charge in [-0.2, -0.15) is 0 Å². The van der Waals surface area contributed by atoms with Crippen molar-refractivity contribution < 1.29 is 14.6 Å². The zero-order chi connectivity index (χ0) is 14.1. The number of rotatable bonds is 3. The summed E-state index contributed by atoms with van der Waals surface area (Å²) < 4.78 is 5.30. The van der Waals surface area contributed by atoms with Crippen LogP contribution in [0.25, 0.3) is 0 Å². The molecule has 0 aliphatic heterocycles. The van der Waals surface area contributed by atoms with E-state index in [9.17, 15) is 9.90 Å². The Labute approximate surface area is 109 Å². The molecule has 0 saturated carbocycles. The normalized spacial score (nSPS) is 13.3. The van der Waals surface area contributed by atoms with Crippen LogP contribution in [0.2, 0.25) is 0 Å². The Balaban J connectivity index is 3.28. The van der Waals surface area contributed by atoms with Crippen LogP contribution in [0.1, 0.15) is 43.6 Å². The maximum absolute atomic E-state index is 12.2. The molecule has 1 N–H and O–H groups in total. The van der Waals surface area contributed by atoms with Crippen LogP contribution in [0.5, 0.6) is 5.75 Å². The first-order chi connectivity index (χ1) is 8.18. The molecule has 1 aromatic rings. The van der Waals surface area contributed by atoms with Gasteiger partial charge in [0.05, 0.1) is 7.11 Å². The van der Waals surface area contributed by atoms with Crippen LogP contribution < -0.4 is 4.74 Å². The van der Waals surface area contributed by atoms with Crippen molar-refractivity contribution in [2.24, 2.45) is 5.41 Å². The highest BCUT2D eigenvalue weighted by atomic mass is 16.5. The van der Waals surface area contributed by atoms with Crippen LogP contribution in [0.4, 0.5) is 0 Å². The maximum atomic E-state index is 12.2. The van der Waals surface area contributed by atoms with Gasteiger partial charge in [-0.25, -0.2) is 0 Å². The number of ether oxygens (including phenoxy) is 1. The zero-order valence-corrected chi connectivity index (χ0v) is 12.0. The highest BCUT2D eigenvalue weighted by Gasteiger charge is 2.31. The number of aryl methyl sites for hydroxylation is 2. The highest BCUT2D eigenvalue weighted by Crippen LogP contribution is 2.34. The molecule has 0 radical (unpaired) electrons. The van der Waals surface area contributed by atoms with Gasteiger partial charge in [-0.15, -0.1) is 0 Å². The number of aliphatic hydroxyl groups excluding tert-OH is 1. The molecule has 3 heteroatoms. The molecule has 0 bridgehead atoms. The van der Waals surface area contributed by atoms with Gasteiger partial charge in [-0.05, 0) is 25.5 Å². The number of carbonyl (C=O) groups excluding carboxylic acids is 1. The molecular weight excluding hydrogens is 228 g/mol. The fourth-order valence-electron chi connectivity index (χ4n) is 2.02. The second kappa shape index (κ2) is 5.11. The van der Waals surface area contributed by atoms with Gasteiger partial charge in [0.1, 0.15) is 11.9 Å². The molecular formula is C15H22O3. The monoisotopic (exact) mass is 250 g/mol. The largest absolute Gasteiger partial charge is 0.496 e. The van der Waals surface area contributed by atoms with Crippen LogP contribution in [-0.2, 0) is 4.79 Å². The minimum Gasteiger partial charge on any atom is -0.496 e. The quantitative estimate of drug-likeness (QED) is 0.897. The maximum Gasteiger partial charge on any atom is 0.171 e. The smallest absolute Gasteiger partial charge is 0.171 e. The van der Waals surface area contributed by atoms with E-state index in [1.807, 2.05) is 19.9 Å². The van der Waals surface area contributed by atoms with E-state index in [1.165, 1.54) is 0 Å². The molecule has 18 heavy (non-hydrogen) atoms. The molecule has 1 unspecified atom stereocenters. The summed E-state index contributed by atoms with van der Waals surface area (Å²) in [5.74, 6) is 0.386. The van der Waals surface area contributed by atoms with Gasteiger partial charge in [0, 0.05) is 11.0 Å². The summed E-state index contributed by atoms with van der Waals surface area (Å²) in [4.78, 5) is 12.2. The Morgan fingerprint density at radius 3 is 2.28 bits per heavy atom. The molecule has 1 rings (SSSR count). The molecule has 3 nitrogen and oxygen atoms in total. The topological polar surface area (TPSA) is 46.5 Å². The SMILES string of the molecule is COc1c(C)cc(C)cc1C(O)C(=O)C(C)(C)C. The van der Waals surface area contributed by atoms with Gasteiger partial charge in [-0.1, -0.05) is 32.4 Å². The van der Waals surface area contributed by atoms with Gasteiger partial charge in [-0.3, -0.25) is 4.79 Å². The van der Waals surface area contributed by atoms with Crippen LogP contribution in [0.15, 0.2) is 12.1 Å². The molecule has 1 aromatic carbocycles. The Hall–Kier alpha value is -1.35. The summed E-state index contributed by atoms with van der Waals surface area (Å²) in [5, 5.41) is 10.3. The van der Waals surface area contributed by atoms with E-state index >= 15 is 0 Å². The minimum atomic E-state index is -1.14. The van der Waals surface area contributed by atoms with E-state index < -0.39 is 11.5 Å².